The molecule has 0 bridgehead atoms. The average Bonchev–Trinajstić information content (AvgIpc) is 2.88. The van der Waals surface area contributed by atoms with Crippen LogP contribution in [0.4, 0.5) is 16.4 Å². The fourth-order valence-electron chi connectivity index (χ4n) is 2.74. The zero-order valence-corrected chi connectivity index (χ0v) is 13.8. The SMILES string of the molecule is Cc1c(C#N)sc(N=Nc2ccc3c(c2)CCCN3C)c1C#N. The van der Waals surface area contributed by atoms with Crippen LogP contribution in [0.25, 0.3) is 0 Å². The molecule has 6 heteroatoms. The first kappa shape index (κ1) is 15.2. The lowest BCUT2D eigenvalue weighted by Crippen LogP contribution is -2.24. The van der Waals surface area contributed by atoms with Gasteiger partial charge in [-0.1, -0.05) is 0 Å². The monoisotopic (exact) mass is 321 g/mol. The van der Waals surface area contributed by atoms with E-state index in [1.807, 2.05) is 12.1 Å². The second-order valence-electron chi connectivity index (χ2n) is 5.50. The van der Waals surface area contributed by atoms with Gasteiger partial charge in [0, 0.05) is 19.3 Å². The summed E-state index contributed by atoms with van der Waals surface area (Å²) in [5.74, 6) is 0. The molecule has 0 N–H and O–H groups in total. The zero-order valence-electron chi connectivity index (χ0n) is 13.0. The van der Waals surface area contributed by atoms with Gasteiger partial charge in [0.05, 0.1) is 11.3 Å². The zero-order chi connectivity index (χ0) is 16.4. The van der Waals surface area contributed by atoms with E-state index in [1.165, 1.54) is 22.6 Å². The number of thiophene rings is 1. The molecule has 0 fully saturated rings. The third kappa shape index (κ3) is 2.81. The van der Waals surface area contributed by atoms with E-state index in [2.05, 4.69) is 40.4 Å². The van der Waals surface area contributed by atoms with Gasteiger partial charge < -0.3 is 4.90 Å². The fraction of sp³-hybridized carbons (Fsp3) is 0.294. The number of fused-ring (bicyclic) bond motifs is 1. The van der Waals surface area contributed by atoms with Crippen molar-refractivity contribution in [3.8, 4) is 12.1 Å². The largest absolute Gasteiger partial charge is 0.374 e. The predicted octanol–water partition coefficient (Wildman–Crippen LogP) is 4.60. The Hall–Kier alpha value is -2.70. The highest BCUT2D eigenvalue weighted by Crippen LogP contribution is 2.36. The van der Waals surface area contributed by atoms with Crippen LogP contribution in [0, 0.1) is 29.6 Å². The minimum absolute atomic E-state index is 0.438. The summed E-state index contributed by atoms with van der Waals surface area (Å²) < 4.78 is 0. The van der Waals surface area contributed by atoms with Gasteiger partial charge in [0.25, 0.3) is 0 Å². The second-order valence-corrected chi connectivity index (χ2v) is 6.50. The molecule has 0 saturated heterocycles. The van der Waals surface area contributed by atoms with Crippen molar-refractivity contribution in [2.24, 2.45) is 10.2 Å². The van der Waals surface area contributed by atoms with Crippen LogP contribution in [0.1, 0.15) is 28.0 Å². The van der Waals surface area contributed by atoms with Crippen LogP contribution in [0.2, 0.25) is 0 Å². The van der Waals surface area contributed by atoms with E-state index in [0.717, 1.165) is 25.1 Å². The number of nitrogens with zero attached hydrogens (tertiary/aromatic N) is 5. The molecule has 2 heterocycles. The van der Waals surface area contributed by atoms with E-state index in [0.29, 0.717) is 21.0 Å². The van der Waals surface area contributed by atoms with Gasteiger partial charge in [0.15, 0.2) is 5.00 Å². The lowest BCUT2D eigenvalue weighted by atomic mass is 10.0. The molecule has 3 rings (SSSR count). The van der Waals surface area contributed by atoms with Gasteiger partial charge in [0.1, 0.15) is 17.0 Å². The molecule has 5 nitrogen and oxygen atoms in total. The number of nitriles is 2. The van der Waals surface area contributed by atoms with E-state index < -0.39 is 0 Å². The number of hydrogen-bond donors (Lipinski definition) is 0. The molecule has 23 heavy (non-hydrogen) atoms. The molecular formula is C17H15N5S. The summed E-state index contributed by atoms with van der Waals surface area (Å²) in [5.41, 5.74) is 4.41. The van der Waals surface area contributed by atoms with Crippen molar-refractivity contribution < 1.29 is 0 Å². The van der Waals surface area contributed by atoms with Crippen LogP contribution < -0.4 is 4.90 Å². The summed E-state index contributed by atoms with van der Waals surface area (Å²) in [6.45, 7) is 2.84. The van der Waals surface area contributed by atoms with Gasteiger partial charge in [-0.2, -0.15) is 10.5 Å². The Kier molecular flexibility index (Phi) is 4.10. The van der Waals surface area contributed by atoms with Crippen LogP contribution >= 0.6 is 11.3 Å². The van der Waals surface area contributed by atoms with Gasteiger partial charge in [-0.15, -0.1) is 21.6 Å². The first-order valence-electron chi connectivity index (χ1n) is 7.33. The summed E-state index contributed by atoms with van der Waals surface area (Å²) in [5, 5.41) is 27.3. The molecule has 1 aliphatic rings. The topological polar surface area (TPSA) is 75.5 Å². The molecule has 1 aliphatic heterocycles. The third-order valence-corrected chi connectivity index (χ3v) is 5.09. The Morgan fingerprint density at radius 3 is 2.78 bits per heavy atom. The maximum Gasteiger partial charge on any atom is 0.158 e. The lowest BCUT2D eigenvalue weighted by Gasteiger charge is -2.27. The van der Waals surface area contributed by atoms with E-state index in [-0.39, 0.29) is 0 Å². The number of hydrogen-bond acceptors (Lipinski definition) is 6. The molecule has 0 saturated carbocycles. The minimum atomic E-state index is 0.438. The molecule has 1 aromatic carbocycles. The molecule has 1 aromatic heterocycles. The van der Waals surface area contributed by atoms with Crippen LogP contribution in [-0.4, -0.2) is 13.6 Å². The maximum absolute atomic E-state index is 9.23. The first-order chi connectivity index (χ1) is 11.1. The number of rotatable bonds is 2. The quantitative estimate of drug-likeness (QED) is 0.759. The van der Waals surface area contributed by atoms with Crippen molar-refractivity contribution in [2.75, 3.05) is 18.5 Å². The molecule has 0 radical (unpaired) electrons. The maximum atomic E-state index is 9.23. The molecule has 0 aliphatic carbocycles. The van der Waals surface area contributed by atoms with Crippen LogP contribution in [0.15, 0.2) is 28.4 Å². The Morgan fingerprint density at radius 2 is 2.04 bits per heavy atom. The highest BCUT2D eigenvalue weighted by atomic mass is 32.1. The van der Waals surface area contributed by atoms with Crippen molar-refractivity contribution >= 4 is 27.7 Å². The fourth-order valence-corrected chi connectivity index (χ4v) is 3.62. The molecule has 0 atom stereocenters. The van der Waals surface area contributed by atoms with Crippen LogP contribution in [-0.2, 0) is 6.42 Å². The highest BCUT2D eigenvalue weighted by molar-refractivity contribution is 7.16. The first-order valence-corrected chi connectivity index (χ1v) is 8.15. The molecule has 0 amide bonds. The third-order valence-electron chi connectivity index (χ3n) is 4.01. The van der Waals surface area contributed by atoms with Gasteiger partial charge in [-0.25, -0.2) is 0 Å². The predicted molar refractivity (Wildman–Crippen MR) is 90.7 cm³/mol. The molecular weight excluding hydrogens is 306 g/mol. The smallest absolute Gasteiger partial charge is 0.158 e. The van der Waals surface area contributed by atoms with Crippen molar-refractivity contribution in [1.82, 2.24) is 0 Å². The van der Waals surface area contributed by atoms with Crippen LogP contribution in [0.3, 0.4) is 0 Å². The normalized spacial score (nSPS) is 13.7. The summed E-state index contributed by atoms with van der Waals surface area (Å²) in [7, 11) is 2.09. The number of anilines is 1. The summed E-state index contributed by atoms with van der Waals surface area (Å²) in [6, 6.07) is 10.2. The number of azo groups is 1. The van der Waals surface area contributed by atoms with E-state index in [4.69, 9.17) is 5.26 Å². The average molecular weight is 321 g/mol. The second kappa shape index (κ2) is 6.20. The molecule has 114 valence electrons. The van der Waals surface area contributed by atoms with Gasteiger partial charge in [-0.05, 0) is 49.1 Å². The van der Waals surface area contributed by atoms with Gasteiger partial charge in [-0.3, -0.25) is 0 Å². The molecule has 0 spiro atoms. The molecule has 0 unspecified atom stereocenters. The summed E-state index contributed by atoms with van der Waals surface area (Å²) in [4.78, 5) is 2.76. The van der Waals surface area contributed by atoms with Gasteiger partial charge in [0.2, 0.25) is 0 Å². The Labute approximate surface area is 139 Å². The molecule has 2 aromatic rings. The number of benzene rings is 1. The Bertz CT molecular complexity index is 866. The minimum Gasteiger partial charge on any atom is -0.374 e. The van der Waals surface area contributed by atoms with E-state index in [1.54, 1.807) is 6.92 Å². The van der Waals surface area contributed by atoms with Gasteiger partial charge >= 0.3 is 0 Å². The van der Waals surface area contributed by atoms with Crippen molar-refractivity contribution in [3.63, 3.8) is 0 Å². The van der Waals surface area contributed by atoms with Crippen molar-refractivity contribution in [2.45, 2.75) is 19.8 Å². The highest BCUT2D eigenvalue weighted by Gasteiger charge is 2.15. The Balaban J connectivity index is 1.93. The number of aryl methyl sites for hydroxylation is 1. The summed E-state index contributed by atoms with van der Waals surface area (Å²) >= 11 is 1.21. The lowest BCUT2D eigenvalue weighted by molar-refractivity contribution is 0.744. The summed E-state index contributed by atoms with van der Waals surface area (Å²) in [6.07, 6.45) is 2.18. The van der Waals surface area contributed by atoms with E-state index in [9.17, 15) is 5.26 Å². The van der Waals surface area contributed by atoms with Crippen molar-refractivity contribution in [3.05, 3.63) is 39.8 Å². The Morgan fingerprint density at radius 1 is 1.22 bits per heavy atom. The standard InChI is InChI=1S/C17H15N5S/c1-11-14(9-18)17(23-16(11)10-19)21-20-13-5-6-15-12(8-13)4-3-7-22(15)2/h5-6,8H,3-4,7H2,1-2H3. The van der Waals surface area contributed by atoms with Crippen LogP contribution in [0.5, 0.6) is 0 Å². The van der Waals surface area contributed by atoms with Crippen molar-refractivity contribution in [1.29, 1.82) is 10.5 Å². The van der Waals surface area contributed by atoms with E-state index >= 15 is 0 Å².